The summed E-state index contributed by atoms with van der Waals surface area (Å²) in [5.74, 6) is 0.730. The van der Waals surface area contributed by atoms with Crippen molar-refractivity contribution in [3.63, 3.8) is 0 Å². The smallest absolute Gasteiger partial charge is 0.337 e. The number of ether oxygens (including phenoxy) is 2. The summed E-state index contributed by atoms with van der Waals surface area (Å²) in [6.45, 7) is 0.655. The Morgan fingerprint density at radius 2 is 1.67 bits per heavy atom. The number of benzene rings is 2. The van der Waals surface area contributed by atoms with Crippen LogP contribution in [0, 0.1) is 5.92 Å². The van der Waals surface area contributed by atoms with Crippen LogP contribution in [0.3, 0.4) is 0 Å². The molecule has 1 aliphatic heterocycles. The normalized spacial score (nSPS) is 18.8. The minimum absolute atomic E-state index is 0.227. The zero-order valence-corrected chi connectivity index (χ0v) is 13.9. The van der Waals surface area contributed by atoms with Crippen LogP contribution in [0.1, 0.15) is 17.5 Å². The molecular formula is C21H22O3. The van der Waals surface area contributed by atoms with Gasteiger partial charge in [0.05, 0.1) is 19.3 Å². The van der Waals surface area contributed by atoms with Crippen LogP contribution in [0.2, 0.25) is 0 Å². The zero-order valence-electron chi connectivity index (χ0n) is 13.9. The van der Waals surface area contributed by atoms with Crippen LogP contribution >= 0.6 is 0 Å². The van der Waals surface area contributed by atoms with Gasteiger partial charge in [0.2, 0.25) is 0 Å². The minimum Gasteiger partial charge on any atom is -0.497 e. The van der Waals surface area contributed by atoms with E-state index < -0.39 is 0 Å². The van der Waals surface area contributed by atoms with Crippen molar-refractivity contribution in [3.8, 4) is 0 Å². The molecule has 1 heterocycles. The highest BCUT2D eigenvalue weighted by Gasteiger charge is 2.29. The summed E-state index contributed by atoms with van der Waals surface area (Å²) in [5, 5.41) is 0. The number of carbonyl (C=O) groups excluding carboxylic acids is 1. The molecule has 0 saturated carbocycles. The van der Waals surface area contributed by atoms with Crippen molar-refractivity contribution >= 4 is 5.97 Å². The van der Waals surface area contributed by atoms with Gasteiger partial charge in [0, 0.05) is 12.3 Å². The zero-order chi connectivity index (χ0) is 16.8. The number of methoxy groups -OCH3 is 1. The molecule has 0 aliphatic carbocycles. The third-order valence-corrected chi connectivity index (χ3v) is 4.37. The summed E-state index contributed by atoms with van der Waals surface area (Å²) in [6.07, 6.45) is 2.35. The van der Waals surface area contributed by atoms with Crippen molar-refractivity contribution in [3.05, 3.63) is 83.1 Å². The maximum Gasteiger partial charge on any atom is 0.337 e. The van der Waals surface area contributed by atoms with E-state index in [4.69, 9.17) is 9.47 Å². The molecule has 1 aliphatic rings. The van der Waals surface area contributed by atoms with Crippen LogP contribution in [-0.2, 0) is 27.1 Å². The van der Waals surface area contributed by atoms with Gasteiger partial charge in [-0.1, -0.05) is 60.7 Å². The molecule has 0 amide bonds. The Morgan fingerprint density at radius 1 is 1.04 bits per heavy atom. The molecule has 3 rings (SSSR count). The number of esters is 1. The average Bonchev–Trinajstić information content (AvgIpc) is 3.08. The lowest BCUT2D eigenvalue weighted by molar-refractivity contribution is -0.136. The summed E-state index contributed by atoms with van der Waals surface area (Å²) in [4.78, 5) is 12.3. The average molecular weight is 322 g/mol. The van der Waals surface area contributed by atoms with Crippen molar-refractivity contribution in [1.29, 1.82) is 0 Å². The molecule has 2 aromatic carbocycles. The second-order valence-electron chi connectivity index (χ2n) is 6.02. The fraction of sp³-hybridized carbons (Fsp3) is 0.286. The molecule has 0 radical (unpaired) electrons. The van der Waals surface area contributed by atoms with Crippen molar-refractivity contribution in [2.75, 3.05) is 13.7 Å². The van der Waals surface area contributed by atoms with E-state index in [9.17, 15) is 4.79 Å². The van der Waals surface area contributed by atoms with E-state index in [2.05, 4.69) is 12.1 Å². The van der Waals surface area contributed by atoms with Crippen molar-refractivity contribution in [1.82, 2.24) is 0 Å². The van der Waals surface area contributed by atoms with Crippen LogP contribution in [0.25, 0.3) is 0 Å². The maximum atomic E-state index is 12.3. The van der Waals surface area contributed by atoms with Crippen LogP contribution in [0.15, 0.2) is 72.0 Å². The predicted octanol–water partition coefficient (Wildman–Crippen LogP) is 3.94. The molecular weight excluding hydrogens is 300 g/mol. The summed E-state index contributed by atoms with van der Waals surface area (Å²) in [6, 6.07) is 20.3. The van der Waals surface area contributed by atoms with E-state index >= 15 is 0 Å². The lowest BCUT2D eigenvalue weighted by Gasteiger charge is -2.15. The Morgan fingerprint density at radius 3 is 2.29 bits per heavy atom. The summed E-state index contributed by atoms with van der Waals surface area (Å²) >= 11 is 0. The number of carbonyl (C=O) groups is 1. The number of rotatable bonds is 5. The molecule has 1 saturated heterocycles. The fourth-order valence-corrected chi connectivity index (χ4v) is 3.17. The molecule has 1 fully saturated rings. The van der Waals surface area contributed by atoms with E-state index in [0.29, 0.717) is 18.6 Å². The Hall–Kier alpha value is -2.55. The van der Waals surface area contributed by atoms with Gasteiger partial charge in [0.25, 0.3) is 0 Å². The molecule has 24 heavy (non-hydrogen) atoms. The highest BCUT2D eigenvalue weighted by Crippen LogP contribution is 2.32. The van der Waals surface area contributed by atoms with Gasteiger partial charge < -0.3 is 9.47 Å². The van der Waals surface area contributed by atoms with E-state index in [1.54, 1.807) is 0 Å². The minimum atomic E-state index is -0.297. The molecule has 2 aromatic rings. The van der Waals surface area contributed by atoms with Gasteiger partial charge in [0.1, 0.15) is 5.76 Å². The predicted molar refractivity (Wildman–Crippen MR) is 93.4 cm³/mol. The maximum absolute atomic E-state index is 12.3. The van der Waals surface area contributed by atoms with Gasteiger partial charge in [-0.3, -0.25) is 0 Å². The lowest BCUT2D eigenvalue weighted by Crippen LogP contribution is -2.14. The van der Waals surface area contributed by atoms with Crippen LogP contribution in [0.4, 0.5) is 0 Å². The number of hydrogen-bond donors (Lipinski definition) is 0. The van der Waals surface area contributed by atoms with Crippen molar-refractivity contribution in [2.24, 2.45) is 5.92 Å². The Bertz CT molecular complexity index is 704. The molecule has 3 heteroatoms. The van der Waals surface area contributed by atoms with E-state index in [1.165, 1.54) is 12.7 Å². The van der Waals surface area contributed by atoms with E-state index in [0.717, 1.165) is 24.2 Å². The first-order chi connectivity index (χ1) is 11.8. The van der Waals surface area contributed by atoms with E-state index in [1.807, 2.05) is 48.5 Å². The molecule has 0 spiro atoms. The molecule has 1 unspecified atom stereocenters. The van der Waals surface area contributed by atoms with Gasteiger partial charge in [-0.25, -0.2) is 4.79 Å². The highest BCUT2D eigenvalue weighted by molar-refractivity contribution is 5.89. The van der Waals surface area contributed by atoms with Crippen LogP contribution in [0.5, 0.6) is 0 Å². The lowest BCUT2D eigenvalue weighted by atomic mass is 9.92. The number of hydrogen-bond acceptors (Lipinski definition) is 3. The van der Waals surface area contributed by atoms with Gasteiger partial charge in [-0.2, -0.15) is 0 Å². The SMILES string of the molecule is COC(=O)/C(Cc1ccccc1)=C1/OCCC1Cc1ccccc1. The molecule has 0 aromatic heterocycles. The fourth-order valence-electron chi connectivity index (χ4n) is 3.17. The van der Waals surface area contributed by atoms with Gasteiger partial charge in [-0.05, 0) is 24.0 Å². The van der Waals surface area contributed by atoms with Gasteiger partial charge in [-0.15, -0.1) is 0 Å². The van der Waals surface area contributed by atoms with Crippen molar-refractivity contribution < 1.29 is 14.3 Å². The second kappa shape index (κ2) is 7.82. The number of allylic oxidation sites excluding steroid dienone is 1. The topological polar surface area (TPSA) is 35.5 Å². The molecule has 0 N–H and O–H groups in total. The molecule has 124 valence electrons. The molecule has 1 atom stereocenters. The molecule has 0 bridgehead atoms. The Balaban J connectivity index is 1.88. The molecule has 3 nitrogen and oxygen atoms in total. The third-order valence-electron chi connectivity index (χ3n) is 4.37. The quantitative estimate of drug-likeness (QED) is 0.618. The van der Waals surface area contributed by atoms with Gasteiger partial charge in [0.15, 0.2) is 0 Å². The first-order valence-corrected chi connectivity index (χ1v) is 8.30. The van der Waals surface area contributed by atoms with Crippen LogP contribution in [-0.4, -0.2) is 19.7 Å². The first kappa shape index (κ1) is 16.3. The third kappa shape index (κ3) is 3.85. The summed E-state index contributed by atoms with van der Waals surface area (Å²) < 4.78 is 10.9. The van der Waals surface area contributed by atoms with E-state index in [-0.39, 0.29) is 11.9 Å². The van der Waals surface area contributed by atoms with Gasteiger partial charge >= 0.3 is 5.97 Å². The Labute approximate surface area is 142 Å². The van der Waals surface area contributed by atoms with Crippen LogP contribution < -0.4 is 0 Å². The summed E-state index contributed by atoms with van der Waals surface area (Å²) in [5.41, 5.74) is 2.98. The first-order valence-electron chi connectivity index (χ1n) is 8.30. The monoisotopic (exact) mass is 322 g/mol. The highest BCUT2D eigenvalue weighted by atomic mass is 16.5. The second-order valence-corrected chi connectivity index (χ2v) is 6.02. The Kier molecular flexibility index (Phi) is 5.32. The largest absolute Gasteiger partial charge is 0.497 e. The standard InChI is InChI=1S/C21H22O3/c1-23-21(22)19(15-17-10-6-3-7-11-17)20-18(12-13-24-20)14-16-8-4-2-5-9-16/h2-11,18H,12-15H2,1H3/b20-19+. The summed E-state index contributed by atoms with van der Waals surface area (Å²) in [7, 11) is 1.43. The van der Waals surface area contributed by atoms with Crippen molar-refractivity contribution in [2.45, 2.75) is 19.3 Å².